The second kappa shape index (κ2) is 7.45. The second-order valence-electron chi connectivity index (χ2n) is 6.56. The maximum absolute atomic E-state index is 12.6. The van der Waals surface area contributed by atoms with Crippen molar-refractivity contribution >= 4 is 40.1 Å². The summed E-state index contributed by atoms with van der Waals surface area (Å²) in [6, 6.07) is 5.78. The number of H-pyrrole nitrogens is 1. The van der Waals surface area contributed by atoms with E-state index in [1.165, 1.54) is 18.4 Å². The largest absolute Gasteiger partial charge is 0.464 e. The lowest BCUT2D eigenvalue weighted by Crippen LogP contribution is -3.17. The summed E-state index contributed by atoms with van der Waals surface area (Å²) in [6.45, 7) is 3.54. The van der Waals surface area contributed by atoms with Crippen molar-refractivity contribution in [3.05, 3.63) is 28.9 Å². The fourth-order valence-corrected chi connectivity index (χ4v) is 3.76. The van der Waals surface area contributed by atoms with Crippen molar-refractivity contribution in [2.45, 2.75) is 32.2 Å². The Bertz CT molecular complexity index is 802. The summed E-state index contributed by atoms with van der Waals surface area (Å²) in [5.41, 5.74) is 1.28. The lowest BCUT2D eigenvalue weighted by molar-refractivity contribution is -0.920. The van der Waals surface area contributed by atoms with Crippen LogP contribution in [0, 0.1) is 0 Å². The smallest absolute Gasteiger partial charge is 0.356 e. The van der Waals surface area contributed by atoms with E-state index < -0.39 is 5.97 Å². The Kier molecular flexibility index (Phi) is 5.30. The van der Waals surface area contributed by atoms with Crippen LogP contribution in [0.25, 0.3) is 10.9 Å². The molecule has 134 valence electrons. The highest BCUT2D eigenvalue weighted by Gasteiger charge is 2.26. The van der Waals surface area contributed by atoms with E-state index in [0.717, 1.165) is 19.4 Å². The van der Waals surface area contributed by atoms with Gasteiger partial charge in [-0.1, -0.05) is 17.7 Å². The minimum Gasteiger partial charge on any atom is -0.464 e. The highest BCUT2D eigenvalue weighted by molar-refractivity contribution is 6.37. The highest BCUT2D eigenvalue weighted by Crippen LogP contribution is 2.33. The lowest BCUT2D eigenvalue weighted by Gasteiger charge is -2.29. The Morgan fingerprint density at radius 3 is 2.92 bits per heavy atom. The number of nitrogens with one attached hydrogen (secondary N) is 3. The highest BCUT2D eigenvalue weighted by atomic mass is 35.5. The van der Waals surface area contributed by atoms with E-state index in [0.29, 0.717) is 34.2 Å². The number of benzene rings is 1. The van der Waals surface area contributed by atoms with Crippen LogP contribution >= 0.6 is 11.6 Å². The van der Waals surface area contributed by atoms with Gasteiger partial charge in [-0.15, -0.1) is 0 Å². The van der Waals surface area contributed by atoms with E-state index in [1.54, 1.807) is 18.2 Å². The number of carbonyl (C=O) groups excluding carboxylic acids is 2. The standard InChI is InChI=1S/C18H22ClN3O3/c1-11-6-3-4-9-22(11)10-14(23)21-16-15-12(19)7-5-8-13(15)20-17(16)18(24)25-2/h5,7-8,11,20H,3-4,6,9-10H2,1-2H3,(H,21,23)/p+1/t11-/m0/s1. The van der Waals surface area contributed by atoms with Gasteiger partial charge in [0.05, 0.1) is 30.4 Å². The minimum absolute atomic E-state index is 0.130. The van der Waals surface area contributed by atoms with Gasteiger partial charge in [-0.05, 0) is 38.3 Å². The summed E-state index contributed by atoms with van der Waals surface area (Å²) in [7, 11) is 1.31. The first-order valence-electron chi connectivity index (χ1n) is 8.54. The first-order chi connectivity index (χ1) is 12.0. The van der Waals surface area contributed by atoms with Gasteiger partial charge in [-0.2, -0.15) is 0 Å². The molecule has 2 aromatic rings. The van der Waals surface area contributed by atoms with E-state index in [1.807, 2.05) is 0 Å². The van der Waals surface area contributed by atoms with E-state index in [-0.39, 0.29) is 11.6 Å². The summed E-state index contributed by atoms with van der Waals surface area (Å²) in [6.07, 6.45) is 3.49. The quantitative estimate of drug-likeness (QED) is 0.726. The summed E-state index contributed by atoms with van der Waals surface area (Å²) >= 11 is 6.29. The number of rotatable bonds is 4. The fourth-order valence-electron chi connectivity index (χ4n) is 3.49. The van der Waals surface area contributed by atoms with Gasteiger partial charge < -0.3 is 19.9 Å². The fraction of sp³-hybridized carbons (Fsp3) is 0.444. The van der Waals surface area contributed by atoms with Crippen molar-refractivity contribution in [2.75, 3.05) is 25.5 Å². The number of hydrogen-bond acceptors (Lipinski definition) is 3. The van der Waals surface area contributed by atoms with Crippen LogP contribution in [0.2, 0.25) is 5.02 Å². The summed E-state index contributed by atoms with van der Waals surface area (Å²) in [5.74, 6) is -0.670. The minimum atomic E-state index is -0.541. The second-order valence-corrected chi connectivity index (χ2v) is 6.97. The van der Waals surface area contributed by atoms with E-state index in [4.69, 9.17) is 16.3 Å². The van der Waals surface area contributed by atoms with Gasteiger partial charge in [0.15, 0.2) is 6.54 Å². The molecule has 0 spiro atoms. The zero-order valence-corrected chi connectivity index (χ0v) is 15.2. The van der Waals surface area contributed by atoms with Crippen molar-refractivity contribution in [3.63, 3.8) is 0 Å². The van der Waals surface area contributed by atoms with Crippen LogP contribution in [-0.2, 0) is 9.53 Å². The summed E-state index contributed by atoms with van der Waals surface area (Å²) in [5, 5.41) is 3.98. The number of esters is 1. The number of fused-ring (bicyclic) bond motifs is 1. The maximum Gasteiger partial charge on any atom is 0.356 e. The predicted octanol–water partition coefficient (Wildman–Crippen LogP) is 2.00. The molecule has 3 rings (SSSR count). The molecule has 0 aliphatic carbocycles. The number of ether oxygens (including phenoxy) is 1. The number of anilines is 1. The van der Waals surface area contributed by atoms with Crippen molar-refractivity contribution in [3.8, 4) is 0 Å². The molecule has 7 heteroatoms. The molecule has 3 N–H and O–H groups in total. The van der Waals surface area contributed by atoms with E-state index in [9.17, 15) is 9.59 Å². The Balaban J connectivity index is 1.88. The molecular weight excluding hydrogens is 342 g/mol. The van der Waals surface area contributed by atoms with Gasteiger partial charge >= 0.3 is 5.97 Å². The predicted molar refractivity (Wildman–Crippen MR) is 97.3 cm³/mol. The molecule has 1 saturated heterocycles. The molecule has 0 bridgehead atoms. The van der Waals surface area contributed by atoms with Gasteiger partial charge in [0.25, 0.3) is 5.91 Å². The van der Waals surface area contributed by atoms with Crippen molar-refractivity contribution in [1.82, 2.24) is 4.98 Å². The molecule has 2 heterocycles. The van der Waals surface area contributed by atoms with Gasteiger partial charge in [0, 0.05) is 10.9 Å². The van der Waals surface area contributed by atoms with Crippen LogP contribution in [0.1, 0.15) is 36.7 Å². The molecule has 6 nitrogen and oxygen atoms in total. The van der Waals surface area contributed by atoms with Gasteiger partial charge in [0.1, 0.15) is 5.69 Å². The molecule has 1 aliphatic rings. The molecule has 1 aromatic carbocycles. The number of aromatic nitrogens is 1. The first-order valence-corrected chi connectivity index (χ1v) is 8.92. The third kappa shape index (κ3) is 3.65. The third-order valence-electron chi connectivity index (χ3n) is 4.90. The van der Waals surface area contributed by atoms with Crippen LogP contribution in [0.3, 0.4) is 0 Å². The zero-order valence-electron chi connectivity index (χ0n) is 14.4. The number of carbonyl (C=O) groups is 2. The van der Waals surface area contributed by atoms with E-state index >= 15 is 0 Å². The summed E-state index contributed by atoms with van der Waals surface area (Å²) in [4.78, 5) is 29.0. The van der Waals surface area contributed by atoms with Crippen molar-refractivity contribution in [1.29, 1.82) is 0 Å². The molecule has 1 aromatic heterocycles. The average Bonchev–Trinajstić information content (AvgIpc) is 2.96. The van der Waals surface area contributed by atoms with Crippen LogP contribution in [0.5, 0.6) is 0 Å². The SMILES string of the molecule is COC(=O)c1[nH]c2cccc(Cl)c2c1NC(=O)C[NH+]1CCCC[C@@H]1C. The summed E-state index contributed by atoms with van der Waals surface area (Å²) < 4.78 is 4.83. The molecule has 25 heavy (non-hydrogen) atoms. The Morgan fingerprint density at radius 1 is 1.40 bits per heavy atom. The van der Waals surface area contributed by atoms with Crippen LogP contribution in [-0.4, -0.2) is 43.1 Å². The number of likely N-dealkylation sites (tertiary alicyclic amines) is 1. The molecule has 2 atom stereocenters. The Hall–Kier alpha value is -2.05. The number of halogens is 1. The number of piperidine rings is 1. The Labute approximate surface area is 151 Å². The normalized spacial score (nSPS) is 20.4. The van der Waals surface area contributed by atoms with Gasteiger partial charge in [-0.3, -0.25) is 4.79 Å². The zero-order chi connectivity index (χ0) is 18.0. The first kappa shape index (κ1) is 17.8. The maximum atomic E-state index is 12.6. The molecular formula is C18H23ClN3O3+. The van der Waals surface area contributed by atoms with Gasteiger partial charge in [-0.25, -0.2) is 4.79 Å². The molecule has 1 fully saturated rings. The topological polar surface area (TPSA) is 75.6 Å². The lowest BCUT2D eigenvalue weighted by atomic mass is 10.0. The molecule has 0 radical (unpaired) electrons. The van der Waals surface area contributed by atoms with Crippen LogP contribution in [0.4, 0.5) is 5.69 Å². The third-order valence-corrected chi connectivity index (χ3v) is 5.21. The number of hydrogen-bond donors (Lipinski definition) is 3. The average molecular weight is 365 g/mol. The molecule has 1 unspecified atom stereocenters. The number of quaternary nitrogens is 1. The van der Waals surface area contributed by atoms with E-state index in [2.05, 4.69) is 17.2 Å². The Morgan fingerprint density at radius 2 is 2.20 bits per heavy atom. The monoisotopic (exact) mass is 364 g/mol. The van der Waals surface area contributed by atoms with Crippen LogP contribution in [0.15, 0.2) is 18.2 Å². The molecule has 0 saturated carbocycles. The number of aromatic amines is 1. The van der Waals surface area contributed by atoms with Crippen LogP contribution < -0.4 is 10.2 Å². The van der Waals surface area contributed by atoms with Crippen molar-refractivity contribution < 1.29 is 19.2 Å². The number of methoxy groups -OCH3 is 1. The molecule has 1 aliphatic heterocycles. The van der Waals surface area contributed by atoms with Crippen molar-refractivity contribution in [2.24, 2.45) is 0 Å². The van der Waals surface area contributed by atoms with Gasteiger partial charge in [0.2, 0.25) is 0 Å². The molecule has 1 amide bonds. The number of amides is 1.